The Balaban J connectivity index is 2.22. The SMILES string of the molecule is CO[C@H]1O[C@H](CI)[C@@H](O)[C@H](O[Si](c2ccccc2)(c2ccccc2)C(C)(C)C)[C@H]1OC(C)=O. The Morgan fingerprint density at radius 3 is 1.94 bits per heavy atom. The van der Waals surface area contributed by atoms with Crippen molar-refractivity contribution >= 4 is 47.3 Å². The zero-order valence-corrected chi connectivity index (χ0v) is 22.9. The summed E-state index contributed by atoms with van der Waals surface area (Å²) in [6, 6.07) is 20.3. The van der Waals surface area contributed by atoms with E-state index in [2.05, 4.69) is 67.6 Å². The van der Waals surface area contributed by atoms with Crippen molar-refractivity contribution in [2.45, 2.75) is 63.4 Å². The highest BCUT2D eigenvalue weighted by Crippen LogP contribution is 2.40. The normalized spacial score (nSPS) is 26.1. The molecule has 0 radical (unpaired) electrons. The van der Waals surface area contributed by atoms with Gasteiger partial charge in [0.05, 0.1) is 6.10 Å². The third-order valence-corrected chi connectivity index (χ3v) is 11.9. The number of halogens is 1. The van der Waals surface area contributed by atoms with E-state index in [0.29, 0.717) is 4.43 Å². The summed E-state index contributed by atoms with van der Waals surface area (Å²) in [6.45, 7) is 7.82. The van der Waals surface area contributed by atoms with E-state index in [4.69, 9.17) is 18.6 Å². The Morgan fingerprint density at radius 1 is 1.03 bits per heavy atom. The first-order valence-electron chi connectivity index (χ1n) is 11.0. The van der Waals surface area contributed by atoms with Crippen molar-refractivity contribution in [2.75, 3.05) is 11.5 Å². The van der Waals surface area contributed by atoms with Crippen molar-refractivity contribution in [3.8, 4) is 0 Å². The standard InChI is InChI=1S/C25H33IO6Si/c1-17(27)30-23-22(21(28)20(16-26)31-24(23)29-5)32-33(25(2,3)4,18-12-8-6-9-13-18)19-14-10-7-11-15-19/h6-15,20-24,28H,16H2,1-5H3/t20-,21-,22+,23-,24+/m1/s1. The van der Waals surface area contributed by atoms with Gasteiger partial charge in [-0.15, -0.1) is 0 Å². The van der Waals surface area contributed by atoms with Crippen LogP contribution in [-0.4, -0.2) is 61.6 Å². The number of carbonyl (C=O) groups excluding carboxylic acids is 1. The van der Waals surface area contributed by atoms with Gasteiger partial charge in [-0.25, -0.2) is 0 Å². The Hall–Kier alpha value is -1.30. The molecule has 0 aliphatic carbocycles. The smallest absolute Gasteiger partial charge is 0.303 e. The molecule has 1 aliphatic heterocycles. The maximum absolute atomic E-state index is 12.0. The van der Waals surface area contributed by atoms with E-state index in [1.807, 2.05) is 36.4 Å². The molecule has 0 amide bonds. The molecule has 2 aromatic carbocycles. The predicted octanol–water partition coefficient (Wildman–Crippen LogP) is 3.03. The molecule has 1 N–H and O–H groups in total. The van der Waals surface area contributed by atoms with E-state index in [-0.39, 0.29) is 5.04 Å². The fourth-order valence-corrected chi connectivity index (χ4v) is 9.98. The van der Waals surface area contributed by atoms with Crippen molar-refractivity contribution in [3.05, 3.63) is 60.7 Å². The summed E-state index contributed by atoms with van der Waals surface area (Å²) in [5, 5.41) is 13.2. The van der Waals surface area contributed by atoms with Crippen LogP contribution >= 0.6 is 22.6 Å². The van der Waals surface area contributed by atoms with Gasteiger partial charge in [0.25, 0.3) is 8.32 Å². The third-order valence-electron chi connectivity index (χ3n) is 6.03. The van der Waals surface area contributed by atoms with Gasteiger partial charge in [-0.05, 0) is 15.4 Å². The minimum Gasteiger partial charge on any atom is -0.454 e. The number of methoxy groups -OCH3 is 1. The fraction of sp³-hybridized carbons (Fsp3) is 0.480. The number of carbonyl (C=O) groups is 1. The number of ether oxygens (including phenoxy) is 3. The van der Waals surface area contributed by atoms with E-state index in [1.165, 1.54) is 14.0 Å². The molecule has 0 bridgehead atoms. The lowest BCUT2D eigenvalue weighted by Crippen LogP contribution is -2.72. The summed E-state index contributed by atoms with van der Waals surface area (Å²) >= 11 is 2.17. The Morgan fingerprint density at radius 2 is 1.55 bits per heavy atom. The van der Waals surface area contributed by atoms with E-state index in [0.717, 1.165) is 10.4 Å². The highest BCUT2D eigenvalue weighted by Gasteiger charge is 2.57. The van der Waals surface area contributed by atoms with Crippen molar-refractivity contribution in [1.82, 2.24) is 0 Å². The highest BCUT2D eigenvalue weighted by molar-refractivity contribution is 14.1. The monoisotopic (exact) mass is 584 g/mol. The van der Waals surface area contributed by atoms with E-state index >= 15 is 0 Å². The molecule has 0 unspecified atom stereocenters. The molecule has 1 fully saturated rings. The number of hydrogen-bond donors (Lipinski definition) is 1. The van der Waals surface area contributed by atoms with Gasteiger partial charge in [-0.1, -0.05) is 104 Å². The molecular weight excluding hydrogens is 551 g/mol. The number of aliphatic hydroxyl groups excluding tert-OH is 1. The number of esters is 1. The molecule has 0 aromatic heterocycles. The van der Waals surface area contributed by atoms with Crippen LogP contribution in [0.4, 0.5) is 0 Å². The van der Waals surface area contributed by atoms with Crippen LogP contribution in [0.3, 0.4) is 0 Å². The second kappa shape index (κ2) is 11.0. The number of rotatable bonds is 7. The first kappa shape index (κ1) is 26.3. The van der Waals surface area contributed by atoms with Gasteiger partial charge in [0.2, 0.25) is 0 Å². The number of hydrogen-bond acceptors (Lipinski definition) is 6. The van der Waals surface area contributed by atoms with Gasteiger partial charge in [0.1, 0.15) is 12.2 Å². The van der Waals surface area contributed by atoms with Gasteiger partial charge in [-0.2, -0.15) is 0 Å². The lowest BCUT2D eigenvalue weighted by Gasteiger charge is -2.50. The molecule has 3 rings (SSSR count). The molecule has 8 heteroatoms. The van der Waals surface area contributed by atoms with Crippen LogP contribution in [0.15, 0.2) is 60.7 Å². The maximum atomic E-state index is 12.0. The van der Waals surface area contributed by atoms with Crippen molar-refractivity contribution in [1.29, 1.82) is 0 Å². The van der Waals surface area contributed by atoms with Crippen LogP contribution in [0.25, 0.3) is 0 Å². The Bertz CT molecular complexity index is 865. The van der Waals surface area contributed by atoms with E-state index < -0.39 is 45.0 Å². The summed E-state index contributed by atoms with van der Waals surface area (Å²) in [5.74, 6) is -0.484. The average Bonchev–Trinajstić information content (AvgIpc) is 2.79. The summed E-state index contributed by atoms with van der Waals surface area (Å²) in [5.41, 5.74) is 0. The average molecular weight is 585 g/mol. The zero-order chi connectivity index (χ0) is 24.2. The molecule has 5 atom stereocenters. The van der Waals surface area contributed by atoms with Crippen LogP contribution in [0.5, 0.6) is 0 Å². The lowest BCUT2D eigenvalue weighted by atomic mass is 10.00. The Labute approximate surface area is 210 Å². The molecule has 0 spiro atoms. The van der Waals surface area contributed by atoms with Crippen LogP contribution in [0.2, 0.25) is 5.04 Å². The second-order valence-corrected chi connectivity index (χ2v) is 14.4. The van der Waals surface area contributed by atoms with Crippen molar-refractivity contribution in [3.63, 3.8) is 0 Å². The van der Waals surface area contributed by atoms with Crippen LogP contribution in [0.1, 0.15) is 27.7 Å². The van der Waals surface area contributed by atoms with Crippen molar-refractivity contribution in [2.24, 2.45) is 0 Å². The van der Waals surface area contributed by atoms with Gasteiger partial charge in [0, 0.05) is 18.5 Å². The minimum absolute atomic E-state index is 0.309. The molecule has 6 nitrogen and oxygen atoms in total. The van der Waals surface area contributed by atoms with Crippen molar-refractivity contribution < 1.29 is 28.5 Å². The molecule has 1 heterocycles. The second-order valence-electron chi connectivity index (χ2n) is 9.24. The first-order chi connectivity index (χ1) is 15.7. The van der Waals surface area contributed by atoms with Gasteiger partial charge < -0.3 is 23.7 Å². The quantitative estimate of drug-likeness (QED) is 0.234. The highest BCUT2D eigenvalue weighted by atomic mass is 127. The summed E-state index contributed by atoms with van der Waals surface area (Å²) in [7, 11) is -1.52. The number of alkyl halides is 1. The largest absolute Gasteiger partial charge is 0.454 e. The lowest BCUT2D eigenvalue weighted by molar-refractivity contribution is -0.285. The third kappa shape index (κ3) is 5.36. The molecule has 1 aliphatic rings. The fourth-order valence-electron chi connectivity index (χ4n) is 4.55. The molecule has 33 heavy (non-hydrogen) atoms. The van der Waals surface area contributed by atoms with Gasteiger partial charge in [0.15, 0.2) is 12.4 Å². The number of aliphatic hydroxyl groups is 1. The summed E-state index contributed by atoms with van der Waals surface area (Å²) in [4.78, 5) is 12.0. The van der Waals surface area contributed by atoms with Crippen LogP contribution in [-0.2, 0) is 23.4 Å². The van der Waals surface area contributed by atoms with Crippen LogP contribution < -0.4 is 10.4 Å². The zero-order valence-electron chi connectivity index (χ0n) is 19.7. The van der Waals surface area contributed by atoms with E-state index in [9.17, 15) is 9.90 Å². The predicted molar refractivity (Wildman–Crippen MR) is 139 cm³/mol. The summed E-state index contributed by atoms with van der Waals surface area (Å²) in [6.07, 6.45) is -4.12. The molecule has 1 saturated heterocycles. The summed E-state index contributed by atoms with van der Waals surface area (Å²) < 4.78 is 24.8. The molecular formula is C25H33IO6Si. The van der Waals surface area contributed by atoms with Gasteiger partial charge in [-0.3, -0.25) is 4.79 Å². The number of benzene rings is 2. The Kier molecular flexibility index (Phi) is 8.74. The topological polar surface area (TPSA) is 74.2 Å². The molecule has 0 saturated carbocycles. The van der Waals surface area contributed by atoms with Crippen LogP contribution in [0, 0.1) is 0 Å². The molecule has 180 valence electrons. The molecule has 2 aromatic rings. The van der Waals surface area contributed by atoms with E-state index in [1.54, 1.807) is 0 Å². The maximum Gasteiger partial charge on any atom is 0.303 e. The minimum atomic E-state index is -3.02. The van der Waals surface area contributed by atoms with Gasteiger partial charge >= 0.3 is 5.97 Å². The first-order valence-corrected chi connectivity index (χ1v) is 14.5.